The molecule has 0 saturated heterocycles. The molecule has 1 atom stereocenters. The summed E-state index contributed by atoms with van der Waals surface area (Å²) >= 11 is 0. The topological polar surface area (TPSA) is 78.9 Å². The van der Waals surface area contributed by atoms with Gasteiger partial charge in [-0.15, -0.1) is 0 Å². The predicted octanol–water partition coefficient (Wildman–Crippen LogP) is 24.6. The van der Waals surface area contributed by atoms with Gasteiger partial charge in [-0.25, -0.2) is 0 Å². The molecule has 0 aromatic heterocycles. The van der Waals surface area contributed by atoms with Gasteiger partial charge in [-0.3, -0.25) is 14.4 Å². The van der Waals surface area contributed by atoms with Crippen LogP contribution in [0.15, 0.2) is 85.1 Å². The standard InChI is InChI=1S/C76H134O6/c1-4-7-10-13-16-19-22-25-28-31-33-34-35-36-37-38-39-40-41-42-44-45-48-51-54-57-60-63-66-69-75(78)81-72-73(71-80-74(77)68-65-62-59-56-53-50-47-30-27-24-21-18-15-12-9-6-3)82-76(79)70-67-64-61-58-55-52-49-46-43-32-29-26-23-20-17-14-11-8-5-2/h7,10,16-17,19-20,25-26,28-29,33-34,43,46,73H,4-6,8-9,11-15,18,21-24,27,30-32,35-42,44-45,47-72H2,1-3H3/b10-7-,19-16-,20-17-,28-25-,29-26-,34-33-,46-43-. The van der Waals surface area contributed by atoms with E-state index in [1.54, 1.807) is 0 Å². The molecule has 0 saturated carbocycles. The van der Waals surface area contributed by atoms with Crippen molar-refractivity contribution in [3.05, 3.63) is 85.1 Å². The van der Waals surface area contributed by atoms with Crippen LogP contribution in [-0.2, 0) is 28.6 Å². The number of unbranched alkanes of at least 4 members (excludes halogenated alkanes) is 40. The smallest absolute Gasteiger partial charge is 0.306 e. The first-order valence-electron chi connectivity index (χ1n) is 35.6. The van der Waals surface area contributed by atoms with Crippen molar-refractivity contribution >= 4 is 17.9 Å². The Kier molecular flexibility index (Phi) is 67.2. The Morgan fingerprint density at radius 3 is 0.768 bits per heavy atom. The van der Waals surface area contributed by atoms with Crippen molar-refractivity contribution in [3.63, 3.8) is 0 Å². The Balaban J connectivity index is 4.28. The highest BCUT2D eigenvalue weighted by atomic mass is 16.6. The van der Waals surface area contributed by atoms with Crippen molar-refractivity contribution in [1.82, 2.24) is 0 Å². The van der Waals surface area contributed by atoms with Gasteiger partial charge in [0.25, 0.3) is 0 Å². The van der Waals surface area contributed by atoms with Crippen LogP contribution in [0.2, 0.25) is 0 Å². The zero-order valence-corrected chi connectivity index (χ0v) is 54.5. The van der Waals surface area contributed by atoms with Crippen LogP contribution in [0.1, 0.15) is 361 Å². The zero-order valence-electron chi connectivity index (χ0n) is 54.5. The predicted molar refractivity (Wildman–Crippen MR) is 358 cm³/mol. The number of ether oxygens (including phenoxy) is 3. The largest absolute Gasteiger partial charge is 0.462 e. The normalized spacial score (nSPS) is 12.6. The lowest BCUT2D eigenvalue weighted by Gasteiger charge is -2.18. The first kappa shape index (κ1) is 78.6. The van der Waals surface area contributed by atoms with Gasteiger partial charge in [-0.05, 0) is 96.3 Å². The zero-order chi connectivity index (χ0) is 59.2. The molecule has 82 heavy (non-hydrogen) atoms. The number of hydrogen-bond donors (Lipinski definition) is 0. The molecule has 0 aliphatic rings. The number of hydrogen-bond acceptors (Lipinski definition) is 6. The number of rotatable bonds is 65. The van der Waals surface area contributed by atoms with Gasteiger partial charge in [0.15, 0.2) is 6.10 Å². The second-order valence-corrected chi connectivity index (χ2v) is 23.8. The molecule has 0 spiro atoms. The van der Waals surface area contributed by atoms with Gasteiger partial charge in [0.05, 0.1) is 0 Å². The van der Waals surface area contributed by atoms with E-state index in [0.717, 1.165) is 109 Å². The Morgan fingerprint density at radius 1 is 0.256 bits per heavy atom. The molecule has 0 rings (SSSR count). The Labute approximate surface area is 509 Å². The van der Waals surface area contributed by atoms with Crippen LogP contribution in [0.3, 0.4) is 0 Å². The second-order valence-electron chi connectivity index (χ2n) is 23.8. The molecule has 0 aromatic rings. The Morgan fingerprint density at radius 2 is 0.476 bits per heavy atom. The van der Waals surface area contributed by atoms with Crippen molar-refractivity contribution in [3.8, 4) is 0 Å². The third-order valence-electron chi connectivity index (χ3n) is 15.6. The maximum absolute atomic E-state index is 13.0. The number of carbonyl (C=O) groups is 3. The number of carbonyl (C=O) groups excluding carboxylic acids is 3. The van der Waals surface area contributed by atoms with E-state index < -0.39 is 6.10 Å². The number of esters is 3. The van der Waals surface area contributed by atoms with E-state index >= 15 is 0 Å². The quantitative estimate of drug-likeness (QED) is 0.0261. The molecule has 0 N–H and O–H groups in total. The molecule has 0 aliphatic heterocycles. The van der Waals surface area contributed by atoms with E-state index in [9.17, 15) is 14.4 Å². The van der Waals surface area contributed by atoms with Crippen LogP contribution < -0.4 is 0 Å². The van der Waals surface area contributed by atoms with Gasteiger partial charge >= 0.3 is 17.9 Å². The van der Waals surface area contributed by atoms with Gasteiger partial charge in [-0.2, -0.15) is 0 Å². The molecule has 0 heterocycles. The Hall–Kier alpha value is -3.41. The molecule has 0 fully saturated rings. The lowest BCUT2D eigenvalue weighted by Crippen LogP contribution is -2.30. The molecule has 6 nitrogen and oxygen atoms in total. The maximum Gasteiger partial charge on any atom is 0.306 e. The summed E-state index contributed by atoms with van der Waals surface area (Å²) in [7, 11) is 0. The summed E-state index contributed by atoms with van der Waals surface area (Å²) in [6, 6.07) is 0. The van der Waals surface area contributed by atoms with E-state index in [0.29, 0.717) is 19.3 Å². The molecule has 0 amide bonds. The first-order valence-corrected chi connectivity index (χ1v) is 35.6. The molecule has 0 radical (unpaired) electrons. The minimum atomic E-state index is -0.783. The summed E-state index contributed by atoms with van der Waals surface area (Å²) in [5, 5.41) is 0. The molecule has 6 heteroatoms. The van der Waals surface area contributed by atoms with E-state index in [-0.39, 0.29) is 31.1 Å². The van der Waals surface area contributed by atoms with E-state index in [1.165, 1.54) is 212 Å². The van der Waals surface area contributed by atoms with Gasteiger partial charge in [0.2, 0.25) is 0 Å². The fraction of sp³-hybridized carbons (Fsp3) is 0.776. The van der Waals surface area contributed by atoms with Crippen LogP contribution in [-0.4, -0.2) is 37.2 Å². The summed E-state index contributed by atoms with van der Waals surface area (Å²) in [6.45, 7) is 6.55. The first-order chi connectivity index (χ1) is 40.5. The summed E-state index contributed by atoms with van der Waals surface area (Å²) < 4.78 is 17.0. The lowest BCUT2D eigenvalue weighted by atomic mass is 10.0. The van der Waals surface area contributed by atoms with E-state index in [2.05, 4.69) is 106 Å². The average molecular weight is 1140 g/mol. The molecule has 0 aromatic carbocycles. The van der Waals surface area contributed by atoms with Crippen LogP contribution >= 0.6 is 0 Å². The fourth-order valence-electron chi connectivity index (χ4n) is 10.3. The lowest BCUT2D eigenvalue weighted by molar-refractivity contribution is -0.167. The Bertz CT molecular complexity index is 1550. The van der Waals surface area contributed by atoms with Crippen molar-refractivity contribution in [2.24, 2.45) is 0 Å². The molecule has 0 bridgehead atoms. The van der Waals surface area contributed by atoms with Gasteiger partial charge in [-0.1, -0.05) is 331 Å². The molecule has 0 aliphatic carbocycles. The second kappa shape index (κ2) is 70.1. The van der Waals surface area contributed by atoms with Crippen LogP contribution in [0.5, 0.6) is 0 Å². The number of allylic oxidation sites excluding steroid dienone is 14. The minimum Gasteiger partial charge on any atom is -0.462 e. The van der Waals surface area contributed by atoms with E-state index in [4.69, 9.17) is 14.2 Å². The van der Waals surface area contributed by atoms with Gasteiger partial charge < -0.3 is 14.2 Å². The molecular formula is C76H134O6. The van der Waals surface area contributed by atoms with Gasteiger partial charge in [0, 0.05) is 19.3 Å². The van der Waals surface area contributed by atoms with Crippen LogP contribution in [0, 0.1) is 0 Å². The highest BCUT2D eigenvalue weighted by Gasteiger charge is 2.19. The highest BCUT2D eigenvalue weighted by molar-refractivity contribution is 5.71. The fourth-order valence-corrected chi connectivity index (χ4v) is 10.3. The third kappa shape index (κ3) is 67.4. The maximum atomic E-state index is 13.0. The molecule has 474 valence electrons. The third-order valence-corrected chi connectivity index (χ3v) is 15.6. The monoisotopic (exact) mass is 1140 g/mol. The summed E-state index contributed by atoms with van der Waals surface area (Å²) in [5.74, 6) is -0.868. The minimum absolute atomic E-state index is 0.0768. The van der Waals surface area contributed by atoms with Gasteiger partial charge in [0.1, 0.15) is 13.2 Å². The van der Waals surface area contributed by atoms with Crippen LogP contribution in [0.25, 0.3) is 0 Å². The van der Waals surface area contributed by atoms with Crippen LogP contribution in [0.4, 0.5) is 0 Å². The SMILES string of the molecule is CC/C=C\C/C=C\C/C=C\C/C=C\CCCCCCCCCCCCCCCCCCC(=O)OCC(COC(=O)CCCCCCCCCCCCCCCCCC)OC(=O)CCCCCCCC/C=C\C/C=C\C/C=C\CCCCC. The average Bonchev–Trinajstić information content (AvgIpc) is 3.47. The van der Waals surface area contributed by atoms with Crippen molar-refractivity contribution < 1.29 is 28.6 Å². The summed E-state index contributed by atoms with van der Waals surface area (Å²) in [6.07, 6.45) is 93.2. The van der Waals surface area contributed by atoms with Crippen molar-refractivity contribution in [1.29, 1.82) is 0 Å². The van der Waals surface area contributed by atoms with Crippen molar-refractivity contribution in [2.75, 3.05) is 13.2 Å². The summed E-state index contributed by atoms with van der Waals surface area (Å²) in [4.78, 5) is 38.5. The summed E-state index contributed by atoms with van der Waals surface area (Å²) in [5.41, 5.74) is 0. The molecular weight excluding hydrogens is 1010 g/mol. The highest BCUT2D eigenvalue weighted by Crippen LogP contribution is 2.18. The van der Waals surface area contributed by atoms with E-state index in [1.807, 2.05) is 0 Å². The molecule has 1 unspecified atom stereocenters. The van der Waals surface area contributed by atoms with Crippen molar-refractivity contribution in [2.45, 2.75) is 367 Å².